The van der Waals surface area contributed by atoms with Crippen molar-refractivity contribution in [1.82, 2.24) is 9.19 Å². The Morgan fingerprint density at radius 2 is 1.76 bits per heavy atom. The van der Waals surface area contributed by atoms with Crippen LogP contribution in [0.25, 0.3) is 0 Å². The first kappa shape index (κ1) is 11.5. The lowest BCUT2D eigenvalue weighted by molar-refractivity contribution is 0.574. The fourth-order valence-corrected chi connectivity index (χ4v) is 2.39. The summed E-state index contributed by atoms with van der Waals surface area (Å²) in [5.41, 5.74) is -0.767. The Morgan fingerprint density at radius 1 is 1.12 bits per heavy atom. The Kier molecular flexibility index (Phi) is 2.76. The zero-order chi connectivity index (χ0) is 12.5. The minimum absolute atomic E-state index is 0.195. The summed E-state index contributed by atoms with van der Waals surface area (Å²) in [6, 6.07) is 6.56. The summed E-state index contributed by atoms with van der Waals surface area (Å²) in [7, 11) is -4.06. The van der Waals surface area contributed by atoms with Crippen molar-refractivity contribution < 1.29 is 12.8 Å². The standard InChI is InChI=1S/C10H7FN2O3S/c11-8-3-5-9(6-4-8)17(15,16)13-10(14)2-1-7-12-13/h1-7H. The van der Waals surface area contributed by atoms with E-state index >= 15 is 0 Å². The first-order valence-electron chi connectivity index (χ1n) is 4.57. The third-order valence-electron chi connectivity index (χ3n) is 2.02. The van der Waals surface area contributed by atoms with Gasteiger partial charge in [0.1, 0.15) is 5.82 Å². The van der Waals surface area contributed by atoms with Gasteiger partial charge in [-0.15, -0.1) is 4.09 Å². The van der Waals surface area contributed by atoms with Gasteiger partial charge in [0, 0.05) is 12.3 Å². The predicted molar refractivity (Wildman–Crippen MR) is 57.5 cm³/mol. The molecule has 1 aromatic heterocycles. The Hall–Kier alpha value is -2.02. The molecule has 2 rings (SSSR count). The number of hydrogen-bond donors (Lipinski definition) is 0. The second kappa shape index (κ2) is 4.10. The lowest BCUT2D eigenvalue weighted by Crippen LogP contribution is -2.28. The SMILES string of the molecule is O=c1cccnn1S(=O)(=O)c1ccc(F)cc1. The maximum Gasteiger partial charge on any atom is 0.286 e. The molecule has 0 aliphatic carbocycles. The summed E-state index contributed by atoms with van der Waals surface area (Å²) < 4.78 is 36.9. The summed E-state index contributed by atoms with van der Waals surface area (Å²) in [5.74, 6) is -0.558. The van der Waals surface area contributed by atoms with Crippen LogP contribution in [0.2, 0.25) is 0 Å². The van der Waals surface area contributed by atoms with E-state index in [0.717, 1.165) is 30.3 Å². The summed E-state index contributed by atoms with van der Waals surface area (Å²) in [6.45, 7) is 0. The molecule has 2 aromatic rings. The van der Waals surface area contributed by atoms with Crippen molar-refractivity contribution in [2.24, 2.45) is 0 Å². The molecule has 0 radical (unpaired) electrons. The zero-order valence-electron chi connectivity index (χ0n) is 8.45. The molecule has 0 fully saturated rings. The van der Waals surface area contributed by atoms with Crippen molar-refractivity contribution in [2.45, 2.75) is 4.90 Å². The van der Waals surface area contributed by atoms with Crippen LogP contribution < -0.4 is 5.56 Å². The van der Waals surface area contributed by atoms with Gasteiger partial charge in [0.2, 0.25) is 0 Å². The van der Waals surface area contributed by atoms with Gasteiger partial charge in [0.15, 0.2) is 0 Å². The van der Waals surface area contributed by atoms with Crippen LogP contribution in [0.1, 0.15) is 0 Å². The molecule has 0 unspecified atom stereocenters. The Labute approximate surface area is 96.2 Å². The minimum Gasteiger partial charge on any atom is -0.267 e. The van der Waals surface area contributed by atoms with Crippen LogP contribution in [0.3, 0.4) is 0 Å². The van der Waals surface area contributed by atoms with E-state index < -0.39 is 21.4 Å². The van der Waals surface area contributed by atoms with E-state index in [1.54, 1.807) is 0 Å². The van der Waals surface area contributed by atoms with E-state index in [4.69, 9.17) is 0 Å². The van der Waals surface area contributed by atoms with Crippen LogP contribution >= 0.6 is 0 Å². The molecule has 0 aliphatic rings. The number of nitrogens with zero attached hydrogens (tertiary/aromatic N) is 2. The Morgan fingerprint density at radius 3 is 2.35 bits per heavy atom. The fourth-order valence-electron chi connectivity index (χ4n) is 1.23. The van der Waals surface area contributed by atoms with Crippen LogP contribution in [-0.2, 0) is 10.0 Å². The van der Waals surface area contributed by atoms with Crippen LogP contribution in [0, 0.1) is 5.82 Å². The van der Waals surface area contributed by atoms with E-state index in [9.17, 15) is 17.6 Å². The largest absolute Gasteiger partial charge is 0.286 e. The molecule has 0 aliphatic heterocycles. The van der Waals surface area contributed by atoms with Gasteiger partial charge >= 0.3 is 0 Å². The molecule has 88 valence electrons. The normalized spacial score (nSPS) is 11.4. The van der Waals surface area contributed by atoms with Gasteiger partial charge in [-0.3, -0.25) is 4.79 Å². The molecule has 1 heterocycles. The van der Waals surface area contributed by atoms with Gasteiger partial charge < -0.3 is 0 Å². The Balaban J connectivity index is 2.62. The molecule has 0 spiro atoms. The summed E-state index contributed by atoms with van der Waals surface area (Å²) >= 11 is 0. The molecule has 0 bridgehead atoms. The molecular formula is C10H7FN2O3S. The highest BCUT2D eigenvalue weighted by Crippen LogP contribution is 2.11. The van der Waals surface area contributed by atoms with Crippen molar-refractivity contribution >= 4 is 10.0 Å². The van der Waals surface area contributed by atoms with Crippen molar-refractivity contribution in [3.63, 3.8) is 0 Å². The maximum atomic E-state index is 12.7. The van der Waals surface area contributed by atoms with Gasteiger partial charge in [0.25, 0.3) is 15.6 Å². The molecule has 5 nitrogen and oxygen atoms in total. The first-order chi connectivity index (χ1) is 8.01. The Bertz CT molecular complexity index is 692. The predicted octanol–water partition coefficient (Wildman–Crippen LogP) is 0.619. The number of rotatable bonds is 2. The van der Waals surface area contributed by atoms with Gasteiger partial charge in [-0.1, -0.05) is 0 Å². The average Bonchev–Trinajstić information content (AvgIpc) is 2.30. The van der Waals surface area contributed by atoms with Gasteiger partial charge in [-0.05, 0) is 30.3 Å². The highest BCUT2D eigenvalue weighted by molar-refractivity contribution is 7.89. The van der Waals surface area contributed by atoms with Crippen LogP contribution in [0.4, 0.5) is 4.39 Å². The van der Waals surface area contributed by atoms with Crippen molar-refractivity contribution in [2.75, 3.05) is 0 Å². The first-order valence-corrected chi connectivity index (χ1v) is 6.01. The minimum atomic E-state index is -4.06. The molecular weight excluding hydrogens is 247 g/mol. The van der Waals surface area contributed by atoms with Gasteiger partial charge in [-0.25, -0.2) is 4.39 Å². The number of benzene rings is 1. The molecule has 0 atom stereocenters. The number of hydrogen-bond acceptors (Lipinski definition) is 4. The third-order valence-corrected chi connectivity index (χ3v) is 3.62. The van der Waals surface area contributed by atoms with Gasteiger partial charge in [-0.2, -0.15) is 13.5 Å². The molecule has 0 amide bonds. The average molecular weight is 254 g/mol. The maximum absolute atomic E-state index is 12.7. The van der Waals surface area contributed by atoms with E-state index in [0.29, 0.717) is 4.09 Å². The number of halogens is 1. The van der Waals surface area contributed by atoms with E-state index in [2.05, 4.69) is 5.10 Å². The molecule has 1 aromatic carbocycles. The highest BCUT2D eigenvalue weighted by atomic mass is 32.2. The molecule has 0 saturated heterocycles. The lowest BCUT2D eigenvalue weighted by Gasteiger charge is -2.04. The monoisotopic (exact) mass is 254 g/mol. The van der Waals surface area contributed by atoms with Crippen LogP contribution in [-0.4, -0.2) is 17.6 Å². The smallest absolute Gasteiger partial charge is 0.267 e. The molecule has 17 heavy (non-hydrogen) atoms. The summed E-state index contributed by atoms with van der Waals surface area (Å²) in [4.78, 5) is 11.2. The topological polar surface area (TPSA) is 69.0 Å². The quantitative estimate of drug-likeness (QED) is 0.787. The number of aromatic nitrogens is 2. The third kappa shape index (κ3) is 2.09. The summed E-state index contributed by atoms with van der Waals surface area (Å²) in [5, 5.41) is 3.47. The fraction of sp³-hybridized carbons (Fsp3) is 0. The van der Waals surface area contributed by atoms with Crippen molar-refractivity contribution in [3.8, 4) is 0 Å². The second-order valence-corrected chi connectivity index (χ2v) is 4.93. The van der Waals surface area contributed by atoms with Crippen LogP contribution in [0.5, 0.6) is 0 Å². The second-order valence-electron chi connectivity index (χ2n) is 3.16. The zero-order valence-corrected chi connectivity index (χ0v) is 9.26. The lowest BCUT2D eigenvalue weighted by atomic mass is 10.4. The van der Waals surface area contributed by atoms with E-state index in [-0.39, 0.29) is 4.90 Å². The van der Waals surface area contributed by atoms with Crippen molar-refractivity contribution in [3.05, 3.63) is 58.8 Å². The molecule has 7 heteroatoms. The van der Waals surface area contributed by atoms with Gasteiger partial charge in [0.05, 0.1) is 4.90 Å². The molecule has 0 N–H and O–H groups in total. The van der Waals surface area contributed by atoms with Crippen LogP contribution in [0.15, 0.2) is 52.3 Å². The van der Waals surface area contributed by atoms with E-state index in [1.165, 1.54) is 12.3 Å². The summed E-state index contributed by atoms with van der Waals surface area (Å²) in [6.07, 6.45) is 1.18. The molecule has 0 saturated carbocycles. The highest BCUT2D eigenvalue weighted by Gasteiger charge is 2.18. The van der Waals surface area contributed by atoms with Crippen molar-refractivity contribution in [1.29, 1.82) is 0 Å². The van der Waals surface area contributed by atoms with E-state index in [1.807, 2.05) is 0 Å².